The van der Waals surface area contributed by atoms with Crippen LogP contribution in [0, 0.1) is 13.8 Å². The summed E-state index contributed by atoms with van der Waals surface area (Å²) in [6.07, 6.45) is 0. The maximum atomic E-state index is 13.0. The van der Waals surface area contributed by atoms with E-state index in [2.05, 4.69) is 10.1 Å². The number of amides is 4. The molecule has 1 fully saturated rings. The molecule has 27 heavy (non-hydrogen) atoms. The number of imide groups is 1. The van der Waals surface area contributed by atoms with E-state index in [-0.39, 0.29) is 5.84 Å². The first-order valence-electron chi connectivity index (χ1n) is 8.38. The molecule has 2 aliphatic rings. The smallest absolute Gasteiger partial charge is 0.381 e. The molecular weight excluding hydrogens is 354 g/mol. The van der Waals surface area contributed by atoms with Crippen LogP contribution in [0.15, 0.2) is 11.1 Å². The van der Waals surface area contributed by atoms with E-state index in [9.17, 15) is 14.4 Å². The van der Waals surface area contributed by atoms with E-state index < -0.39 is 30.4 Å². The van der Waals surface area contributed by atoms with Gasteiger partial charge in [-0.15, -0.1) is 9.78 Å². The molecule has 3 rings (SSSR count). The number of urea groups is 1. The van der Waals surface area contributed by atoms with Crippen LogP contribution in [-0.4, -0.2) is 93.7 Å². The summed E-state index contributed by atoms with van der Waals surface area (Å²) < 4.78 is 8.51. The summed E-state index contributed by atoms with van der Waals surface area (Å²) in [4.78, 5) is 43.5. The number of rotatable bonds is 5. The van der Waals surface area contributed by atoms with Gasteiger partial charge in [-0.1, -0.05) is 4.99 Å². The van der Waals surface area contributed by atoms with Gasteiger partial charge in [0, 0.05) is 14.2 Å². The van der Waals surface area contributed by atoms with Crippen LogP contribution in [-0.2, 0) is 14.3 Å². The highest BCUT2D eigenvalue weighted by Crippen LogP contribution is 2.21. The number of primary amides is 1. The van der Waals surface area contributed by atoms with Crippen LogP contribution in [0.2, 0.25) is 0 Å². The highest BCUT2D eigenvalue weighted by atomic mass is 16.5. The number of carbonyl (C=O) groups excluding carboxylic acids is 3. The molecule has 0 aromatic carbocycles. The minimum atomic E-state index is -0.860. The molecule has 1 aromatic heterocycles. The number of amidine groups is 1. The van der Waals surface area contributed by atoms with Gasteiger partial charge < -0.3 is 10.5 Å². The average Bonchev–Trinajstić information content (AvgIpc) is 3.14. The lowest BCUT2D eigenvalue weighted by atomic mass is 10.1. The molecule has 2 N–H and O–H groups in total. The second kappa shape index (κ2) is 6.91. The normalized spacial score (nSPS) is 19.7. The fraction of sp³-hybridized carbons (Fsp3) is 0.500. The van der Waals surface area contributed by atoms with Crippen molar-refractivity contribution in [3.8, 4) is 0 Å². The third-order valence-electron chi connectivity index (χ3n) is 4.44. The number of fused-ring (bicyclic) bond motifs is 1. The number of aliphatic imine (C=N–C) groups is 1. The molecule has 0 radical (unpaired) electrons. The van der Waals surface area contributed by atoms with Gasteiger partial charge >= 0.3 is 12.0 Å². The van der Waals surface area contributed by atoms with Crippen molar-refractivity contribution < 1.29 is 23.7 Å². The predicted molar refractivity (Wildman–Crippen MR) is 94.4 cm³/mol. The van der Waals surface area contributed by atoms with Crippen molar-refractivity contribution in [2.45, 2.75) is 19.9 Å². The van der Waals surface area contributed by atoms with Crippen molar-refractivity contribution in [3.05, 3.63) is 17.5 Å². The van der Waals surface area contributed by atoms with E-state index >= 15 is 0 Å². The molecule has 1 aromatic rings. The Morgan fingerprint density at radius 1 is 1.37 bits per heavy atom. The zero-order valence-corrected chi connectivity index (χ0v) is 15.7. The Balaban J connectivity index is 2.11. The van der Waals surface area contributed by atoms with Crippen molar-refractivity contribution in [2.24, 2.45) is 10.7 Å². The molecule has 11 heteroatoms. The van der Waals surface area contributed by atoms with Gasteiger partial charge in [-0.2, -0.15) is 0 Å². The van der Waals surface area contributed by atoms with E-state index in [1.54, 1.807) is 16.4 Å². The predicted octanol–water partition coefficient (Wildman–Crippen LogP) is -1.48. The fourth-order valence-corrected chi connectivity index (χ4v) is 3.23. The Morgan fingerprint density at radius 3 is 2.63 bits per heavy atom. The summed E-state index contributed by atoms with van der Waals surface area (Å²) in [7, 11) is 3.06. The molecule has 0 bridgehead atoms. The van der Waals surface area contributed by atoms with Gasteiger partial charge in [-0.25, -0.2) is 9.37 Å². The quantitative estimate of drug-likeness (QED) is 0.628. The monoisotopic (exact) mass is 376 g/mol. The summed E-state index contributed by atoms with van der Waals surface area (Å²) in [6, 6.07) is 0.385. The van der Waals surface area contributed by atoms with E-state index in [1.165, 1.54) is 11.9 Å². The number of nitrogens with two attached hydrogens (primary N) is 1. The van der Waals surface area contributed by atoms with Crippen molar-refractivity contribution in [3.63, 3.8) is 0 Å². The first-order valence-corrected chi connectivity index (χ1v) is 8.38. The Morgan fingerprint density at radius 2 is 2.07 bits per heavy atom. The summed E-state index contributed by atoms with van der Waals surface area (Å²) in [6.45, 7) is 3.93. The molecule has 11 nitrogen and oxygen atoms in total. The SMILES string of the molecule is COCC[N+]1=C(n2nc(C)cc2C)N=C2C1C(=O)N(CC(N)=O)C(=O)N2C. The van der Waals surface area contributed by atoms with Gasteiger partial charge in [0.25, 0.3) is 5.91 Å². The molecule has 0 aliphatic carbocycles. The molecule has 144 valence electrons. The molecule has 1 saturated heterocycles. The number of hydrogen-bond donors (Lipinski definition) is 1. The number of methoxy groups -OCH3 is 1. The van der Waals surface area contributed by atoms with Gasteiger partial charge in [-0.3, -0.25) is 19.4 Å². The zero-order chi connectivity index (χ0) is 19.9. The minimum Gasteiger partial charge on any atom is -0.381 e. The van der Waals surface area contributed by atoms with Crippen LogP contribution >= 0.6 is 0 Å². The van der Waals surface area contributed by atoms with Crippen molar-refractivity contribution >= 4 is 29.6 Å². The Labute approximate surface area is 155 Å². The molecule has 1 atom stereocenters. The number of hydrogen-bond acceptors (Lipinski definition) is 6. The Bertz CT molecular complexity index is 885. The molecule has 0 spiro atoms. The second-order valence-corrected chi connectivity index (χ2v) is 6.43. The van der Waals surface area contributed by atoms with Crippen LogP contribution in [0.1, 0.15) is 11.4 Å². The van der Waals surface area contributed by atoms with Crippen molar-refractivity contribution in [2.75, 3.05) is 33.9 Å². The maximum absolute atomic E-state index is 13.0. The summed E-state index contributed by atoms with van der Waals surface area (Å²) in [5, 5.41) is 4.43. The second-order valence-electron chi connectivity index (χ2n) is 6.43. The number of carbonyl (C=O) groups is 3. The molecule has 4 amide bonds. The highest BCUT2D eigenvalue weighted by molar-refractivity contribution is 6.23. The summed E-state index contributed by atoms with van der Waals surface area (Å²) in [5.74, 6) is -0.617. The van der Waals surface area contributed by atoms with Crippen LogP contribution in [0.4, 0.5) is 4.79 Å². The molecule has 0 saturated carbocycles. The van der Waals surface area contributed by atoms with Crippen LogP contribution in [0.5, 0.6) is 0 Å². The maximum Gasteiger partial charge on any atom is 0.421 e. The lowest BCUT2D eigenvalue weighted by molar-refractivity contribution is -0.539. The molecular formula is C16H22N7O4+. The van der Waals surface area contributed by atoms with Gasteiger partial charge in [0.2, 0.25) is 17.8 Å². The number of likely N-dealkylation sites (N-methyl/N-ethyl adjacent to an activating group) is 1. The Hall–Kier alpha value is -3.08. The number of aryl methyl sites for hydroxylation is 2. The fourth-order valence-electron chi connectivity index (χ4n) is 3.23. The zero-order valence-electron chi connectivity index (χ0n) is 15.7. The highest BCUT2D eigenvalue weighted by Gasteiger charge is 2.53. The number of nitrogens with zero attached hydrogens (tertiary/aromatic N) is 6. The van der Waals surface area contributed by atoms with Crippen LogP contribution in [0.3, 0.4) is 0 Å². The number of ether oxygens (including phenoxy) is 1. The van der Waals surface area contributed by atoms with E-state index in [4.69, 9.17) is 10.5 Å². The van der Waals surface area contributed by atoms with Crippen LogP contribution < -0.4 is 5.73 Å². The minimum absolute atomic E-state index is 0.282. The average molecular weight is 376 g/mol. The third kappa shape index (κ3) is 3.10. The number of aromatic nitrogens is 2. The lowest BCUT2D eigenvalue weighted by Crippen LogP contribution is -2.64. The van der Waals surface area contributed by atoms with Gasteiger partial charge in [0.05, 0.1) is 18.8 Å². The largest absolute Gasteiger partial charge is 0.421 e. The van der Waals surface area contributed by atoms with E-state index in [1.807, 2.05) is 19.9 Å². The first-order chi connectivity index (χ1) is 12.8. The summed E-state index contributed by atoms with van der Waals surface area (Å²) >= 11 is 0. The van der Waals surface area contributed by atoms with Gasteiger partial charge in [0.1, 0.15) is 12.2 Å². The molecule has 2 aliphatic heterocycles. The van der Waals surface area contributed by atoms with Gasteiger partial charge in [0.15, 0.2) is 0 Å². The van der Waals surface area contributed by atoms with Gasteiger partial charge in [-0.05, 0) is 19.9 Å². The van der Waals surface area contributed by atoms with E-state index in [0.717, 1.165) is 16.3 Å². The molecule has 1 unspecified atom stereocenters. The van der Waals surface area contributed by atoms with E-state index in [0.29, 0.717) is 19.1 Å². The Kier molecular flexibility index (Phi) is 4.79. The summed E-state index contributed by atoms with van der Waals surface area (Å²) in [5.41, 5.74) is 6.83. The van der Waals surface area contributed by atoms with Crippen LogP contribution in [0.25, 0.3) is 0 Å². The third-order valence-corrected chi connectivity index (χ3v) is 4.44. The lowest BCUT2D eigenvalue weighted by Gasteiger charge is -2.33. The topological polar surface area (TPSA) is 126 Å². The van der Waals surface area contributed by atoms with Crippen molar-refractivity contribution in [1.29, 1.82) is 0 Å². The molecule has 3 heterocycles. The first kappa shape index (κ1) is 18.7. The van der Waals surface area contributed by atoms with Crippen molar-refractivity contribution in [1.82, 2.24) is 19.6 Å². The standard InChI is InChI=1S/C16H21N7O4/c1-9-7-10(2)23(19-9)15-18-13-12(21(15)5-6-27-4)14(25)22(8-11(17)24)16(26)20(13)3/h7,12H,5-6,8H2,1-4H3,(H-,17,24)/p+1.